The molecule has 2 heterocycles. The zero-order chi connectivity index (χ0) is 10.3. The van der Waals surface area contributed by atoms with Crippen LogP contribution in [0.3, 0.4) is 0 Å². The molecular weight excluding hydrogens is 188 g/mol. The Labute approximate surface area is 87.7 Å². The minimum atomic E-state index is 0.334. The lowest BCUT2D eigenvalue weighted by atomic mass is 10.2. The number of para-hydroxylation sites is 1. The standard InChI is InChI=1S/C12H12N2O/c15-9-5-6-14(8-9)12-7-13-11-4-2-1-3-10(11)12/h1-4,7,13H,5-6,8H2. The monoisotopic (exact) mass is 200 g/mol. The van der Waals surface area contributed by atoms with Crippen molar-refractivity contribution >= 4 is 22.4 Å². The van der Waals surface area contributed by atoms with Crippen molar-refractivity contribution in [2.24, 2.45) is 0 Å². The van der Waals surface area contributed by atoms with Gasteiger partial charge in [-0.25, -0.2) is 0 Å². The van der Waals surface area contributed by atoms with Gasteiger partial charge in [-0.15, -0.1) is 0 Å². The van der Waals surface area contributed by atoms with E-state index >= 15 is 0 Å². The first kappa shape index (κ1) is 8.53. The first-order chi connectivity index (χ1) is 7.34. The van der Waals surface area contributed by atoms with E-state index in [9.17, 15) is 4.79 Å². The highest BCUT2D eigenvalue weighted by atomic mass is 16.1. The van der Waals surface area contributed by atoms with E-state index < -0.39 is 0 Å². The van der Waals surface area contributed by atoms with E-state index in [1.165, 1.54) is 5.39 Å². The summed E-state index contributed by atoms with van der Waals surface area (Å²) in [6.45, 7) is 1.41. The quantitative estimate of drug-likeness (QED) is 0.763. The number of hydrogen-bond donors (Lipinski definition) is 1. The number of benzene rings is 1. The Kier molecular flexibility index (Phi) is 1.78. The van der Waals surface area contributed by atoms with Crippen LogP contribution in [0.4, 0.5) is 5.69 Å². The predicted octanol–water partition coefficient (Wildman–Crippen LogP) is 1.95. The molecule has 0 atom stereocenters. The van der Waals surface area contributed by atoms with E-state index in [2.05, 4.69) is 22.0 Å². The molecule has 3 heteroatoms. The lowest BCUT2D eigenvalue weighted by Crippen LogP contribution is -2.18. The number of nitrogens with zero attached hydrogens (tertiary/aromatic N) is 1. The summed E-state index contributed by atoms with van der Waals surface area (Å²) in [6.07, 6.45) is 2.67. The molecule has 0 amide bonds. The number of fused-ring (bicyclic) bond motifs is 1. The number of aromatic nitrogens is 1. The Morgan fingerprint density at radius 1 is 1.27 bits per heavy atom. The van der Waals surface area contributed by atoms with Crippen LogP contribution in [0.15, 0.2) is 30.5 Å². The van der Waals surface area contributed by atoms with Crippen molar-refractivity contribution in [3.63, 3.8) is 0 Å². The average Bonchev–Trinajstić information content (AvgIpc) is 2.83. The smallest absolute Gasteiger partial charge is 0.153 e. The highest BCUT2D eigenvalue weighted by Gasteiger charge is 2.21. The second-order valence-electron chi connectivity index (χ2n) is 3.93. The Morgan fingerprint density at radius 3 is 2.93 bits per heavy atom. The maximum absolute atomic E-state index is 11.2. The van der Waals surface area contributed by atoms with Gasteiger partial charge in [-0.2, -0.15) is 0 Å². The van der Waals surface area contributed by atoms with Gasteiger partial charge in [0.1, 0.15) is 0 Å². The number of H-pyrrole nitrogens is 1. The molecule has 3 nitrogen and oxygen atoms in total. The molecule has 1 aliphatic rings. The molecular formula is C12H12N2O. The second-order valence-corrected chi connectivity index (χ2v) is 3.93. The lowest BCUT2D eigenvalue weighted by molar-refractivity contribution is -0.116. The van der Waals surface area contributed by atoms with E-state index in [-0.39, 0.29) is 0 Å². The fraction of sp³-hybridized carbons (Fsp3) is 0.250. The molecule has 76 valence electrons. The van der Waals surface area contributed by atoms with Gasteiger partial charge >= 0.3 is 0 Å². The number of ketones is 1. The molecule has 0 aliphatic carbocycles. The Morgan fingerprint density at radius 2 is 2.13 bits per heavy atom. The van der Waals surface area contributed by atoms with Crippen molar-refractivity contribution in [1.82, 2.24) is 4.98 Å². The molecule has 1 fully saturated rings. The molecule has 15 heavy (non-hydrogen) atoms. The van der Waals surface area contributed by atoms with Gasteiger partial charge in [-0.3, -0.25) is 4.79 Å². The third-order valence-electron chi connectivity index (χ3n) is 2.94. The van der Waals surface area contributed by atoms with Crippen molar-refractivity contribution in [3.8, 4) is 0 Å². The first-order valence-corrected chi connectivity index (χ1v) is 5.17. The van der Waals surface area contributed by atoms with E-state index in [4.69, 9.17) is 0 Å². The van der Waals surface area contributed by atoms with Gasteiger partial charge in [0.05, 0.1) is 12.2 Å². The molecule has 1 saturated heterocycles. The average molecular weight is 200 g/mol. The highest BCUT2D eigenvalue weighted by molar-refractivity contribution is 5.96. The van der Waals surface area contributed by atoms with Crippen LogP contribution < -0.4 is 4.90 Å². The molecule has 3 rings (SSSR count). The van der Waals surface area contributed by atoms with Crippen LogP contribution in [0.5, 0.6) is 0 Å². The minimum absolute atomic E-state index is 0.334. The fourth-order valence-corrected chi connectivity index (χ4v) is 2.15. The number of aromatic amines is 1. The summed E-state index contributed by atoms with van der Waals surface area (Å²) < 4.78 is 0. The number of carbonyl (C=O) groups excluding carboxylic acids is 1. The zero-order valence-electron chi connectivity index (χ0n) is 8.36. The van der Waals surface area contributed by atoms with Gasteiger partial charge in [0.15, 0.2) is 5.78 Å². The van der Waals surface area contributed by atoms with Crippen molar-refractivity contribution in [3.05, 3.63) is 30.5 Å². The van der Waals surface area contributed by atoms with Crippen LogP contribution in [0.2, 0.25) is 0 Å². The summed E-state index contributed by atoms with van der Waals surface area (Å²) in [5, 5.41) is 1.20. The first-order valence-electron chi connectivity index (χ1n) is 5.17. The second kappa shape index (κ2) is 3.12. The SMILES string of the molecule is O=C1CCN(c2c[nH]c3ccccc23)C1. The molecule has 0 bridgehead atoms. The van der Waals surface area contributed by atoms with Crippen LogP contribution in [0.1, 0.15) is 6.42 Å². The Bertz CT molecular complexity index is 515. The van der Waals surface area contributed by atoms with E-state index in [1.807, 2.05) is 18.3 Å². The summed E-state index contributed by atoms with van der Waals surface area (Å²) in [4.78, 5) is 16.6. The van der Waals surface area contributed by atoms with Crippen molar-refractivity contribution in [2.75, 3.05) is 18.0 Å². The summed E-state index contributed by atoms with van der Waals surface area (Å²) in [6, 6.07) is 8.18. The molecule has 0 saturated carbocycles. The molecule has 2 aromatic rings. The number of hydrogen-bond acceptors (Lipinski definition) is 2. The lowest BCUT2D eigenvalue weighted by Gasteiger charge is -2.14. The largest absolute Gasteiger partial charge is 0.362 e. The number of anilines is 1. The third-order valence-corrected chi connectivity index (χ3v) is 2.94. The molecule has 1 aromatic heterocycles. The van der Waals surface area contributed by atoms with Gasteiger partial charge in [-0.05, 0) is 6.07 Å². The Balaban J connectivity index is 2.07. The topological polar surface area (TPSA) is 36.1 Å². The van der Waals surface area contributed by atoms with E-state index in [0.717, 1.165) is 17.7 Å². The maximum Gasteiger partial charge on any atom is 0.153 e. The zero-order valence-corrected chi connectivity index (χ0v) is 8.36. The van der Waals surface area contributed by atoms with Crippen LogP contribution in [-0.4, -0.2) is 23.9 Å². The highest BCUT2D eigenvalue weighted by Crippen LogP contribution is 2.28. The maximum atomic E-state index is 11.2. The van der Waals surface area contributed by atoms with E-state index in [0.29, 0.717) is 18.7 Å². The van der Waals surface area contributed by atoms with Gasteiger partial charge < -0.3 is 9.88 Å². The van der Waals surface area contributed by atoms with E-state index in [1.54, 1.807) is 0 Å². The summed E-state index contributed by atoms with van der Waals surface area (Å²) in [5.41, 5.74) is 2.28. The van der Waals surface area contributed by atoms with Gasteiger partial charge in [0.25, 0.3) is 0 Å². The molecule has 1 aliphatic heterocycles. The summed E-state index contributed by atoms with van der Waals surface area (Å²) in [5.74, 6) is 0.334. The predicted molar refractivity (Wildman–Crippen MR) is 60.1 cm³/mol. The van der Waals surface area contributed by atoms with Gasteiger partial charge in [-0.1, -0.05) is 18.2 Å². The summed E-state index contributed by atoms with van der Waals surface area (Å²) in [7, 11) is 0. The normalized spacial score (nSPS) is 16.5. The molecule has 0 unspecified atom stereocenters. The van der Waals surface area contributed by atoms with Gasteiger partial charge in [0, 0.05) is 30.1 Å². The van der Waals surface area contributed by atoms with Crippen LogP contribution >= 0.6 is 0 Å². The van der Waals surface area contributed by atoms with Gasteiger partial charge in [0.2, 0.25) is 0 Å². The van der Waals surface area contributed by atoms with Crippen molar-refractivity contribution in [2.45, 2.75) is 6.42 Å². The molecule has 1 N–H and O–H groups in total. The fourth-order valence-electron chi connectivity index (χ4n) is 2.15. The van der Waals surface area contributed by atoms with Crippen LogP contribution in [0, 0.1) is 0 Å². The van der Waals surface area contributed by atoms with Crippen molar-refractivity contribution < 1.29 is 4.79 Å². The van der Waals surface area contributed by atoms with Crippen LogP contribution in [-0.2, 0) is 4.79 Å². The molecule has 0 radical (unpaired) electrons. The minimum Gasteiger partial charge on any atom is -0.362 e. The Hall–Kier alpha value is -1.77. The molecule has 0 spiro atoms. The molecule has 1 aromatic carbocycles. The van der Waals surface area contributed by atoms with Crippen molar-refractivity contribution in [1.29, 1.82) is 0 Å². The number of nitrogens with one attached hydrogen (secondary N) is 1. The number of Topliss-reactive ketones (excluding diaryl/α,β-unsaturated/α-hetero) is 1. The van der Waals surface area contributed by atoms with Crippen LogP contribution in [0.25, 0.3) is 10.9 Å². The summed E-state index contributed by atoms with van der Waals surface area (Å²) >= 11 is 0. The number of carbonyl (C=O) groups is 1. The third kappa shape index (κ3) is 1.31. The number of rotatable bonds is 1.